The summed E-state index contributed by atoms with van der Waals surface area (Å²) in [5.41, 5.74) is 2.65. The number of pyridine rings is 1. The molecule has 0 N–H and O–H groups in total. The molecule has 1 aromatic heterocycles. The average molecular weight is 283 g/mol. The van der Waals surface area contributed by atoms with E-state index in [2.05, 4.69) is 4.98 Å². The van der Waals surface area contributed by atoms with E-state index in [4.69, 9.17) is 9.47 Å². The second kappa shape index (κ2) is 6.70. The topological polar surface area (TPSA) is 48.4 Å². The van der Waals surface area contributed by atoms with Crippen LogP contribution in [0.4, 0.5) is 0 Å². The zero-order valence-corrected chi connectivity index (χ0v) is 12.3. The summed E-state index contributed by atoms with van der Waals surface area (Å²) in [5, 5.41) is 0. The molecule has 0 amide bonds. The second-order valence-corrected chi connectivity index (χ2v) is 4.49. The Hall–Kier alpha value is -2.62. The number of aromatic nitrogens is 1. The molecule has 4 nitrogen and oxygen atoms in total. The van der Waals surface area contributed by atoms with Gasteiger partial charge in [-0.2, -0.15) is 0 Å². The molecule has 0 saturated carbocycles. The van der Waals surface area contributed by atoms with Gasteiger partial charge in [-0.05, 0) is 48.9 Å². The monoisotopic (exact) mass is 283 g/mol. The Balaban J connectivity index is 2.28. The number of hydrogen-bond acceptors (Lipinski definition) is 4. The number of methoxy groups -OCH3 is 2. The Morgan fingerprint density at radius 3 is 2.43 bits per heavy atom. The van der Waals surface area contributed by atoms with Crippen molar-refractivity contribution in [3.8, 4) is 22.8 Å². The van der Waals surface area contributed by atoms with Crippen molar-refractivity contribution in [2.75, 3.05) is 14.2 Å². The molecule has 108 valence electrons. The third-order valence-corrected chi connectivity index (χ3v) is 2.98. The van der Waals surface area contributed by atoms with Crippen LogP contribution in [-0.4, -0.2) is 25.0 Å². The molecule has 0 saturated heterocycles. The van der Waals surface area contributed by atoms with Crippen molar-refractivity contribution in [2.45, 2.75) is 6.92 Å². The highest BCUT2D eigenvalue weighted by molar-refractivity contribution is 5.91. The smallest absolute Gasteiger partial charge is 0.161 e. The van der Waals surface area contributed by atoms with Crippen molar-refractivity contribution in [3.63, 3.8) is 0 Å². The van der Waals surface area contributed by atoms with Gasteiger partial charge in [0.15, 0.2) is 17.3 Å². The van der Waals surface area contributed by atoms with E-state index in [1.54, 1.807) is 26.5 Å². The first-order valence-electron chi connectivity index (χ1n) is 6.51. The standard InChI is InChI=1S/C17H17NO3/c1-12(19)4-5-13-6-8-15(18-11-13)14-7-9-16(20-2)17(10-14)21-3/h4-11H,1-3H3/b5-4+. The minimum Gasteiger partial charge on any atom is -0.493 e. The van der Waals surface area contributed by atoms with E-state index in [-0.39, 0.29) is 5.78 Å². The van der Waals surface area contributed by atoms with E-state index < -0.39 is 0 Å². The third kappa shape index (κ3) is 3.69. The summed E-state index contributed by atoms with van der Waals surface area (Å²) in [6, 6.07) is 9.47. The van der Waals surface area contributed by atoms with E-state index in [1.165, 1.54) is 13.0 Å². The number of hydrogen-bond donors (Lipinski definition) is 0. The molecule has 0 aliphatic rings. The predicted molar refractivity (Wildman–Crippen MR) is 82.5 cm³/mol. The zero-order chi connectivity index (χ0) is 15.2. The Bertz CT molecular complexity index is 660. The highest BCUT2D eigenvalue weighted by Crippen LogP contribution is 2.31. The van der Waals surface area contributed by atoms with Crippen molar-refractivity contribution in [1.82, 2.24) is 4.98 Å². The summed E-state index contributed by atoms with van der Waals surface area (Å²) in [4.78, 5) is 15.3. The first-order chi connectivity index (χ1) is 10.1. The van der Waals surface area contributed by atoms with E-state index in [0.717, 1.165) is 16.8 Å². The lowest BCUT2D eigenvalue weighted by atomic mass is 10.1. The molecular weight excluding hydrogens is 266 g/mol. The van der Waals surface area contributed by atoms with Crippen LogP contribution in [-0.2, 0) is 4.79 Å². The molecular formula is C17H17NO3. The van der Waals surface area contributed by atoms with Crippen LogP contribution in [0.15, 0.2) is 42.6 Å². The van der Waals surface area contributed by atoms with Crippen LogP contribution in [0.2, 0.25) is 0 Å². The maximum Gasteiger partial charge on any atom is 0.161 e. The first kappa shape index (κ1) is 14.8. The van der Waals surface area contributed by atoms with Crippen LogP contribution in [0.1, 0.15) is 12.5 Å². The minimum atomic E-state index is 0.0129. The number of ether oxygens (including phenoxy) is 2. The van der Waals surface area contributed by atoms with Crippen molar-refractivity contribution in [1.29, 1.82) is 0 Å². The summed E-state index contributed by atoms with van der Waals surface area (Å²) in [6.07, 6.45) is 4.99. The zero-order valence-electron chi connectivity index (χ0n) is 12.3. The van der Waals surface area contributed by atoms with E-state index in [9.17, 15) is 4.79 Å². The van der Waals surface area contributed by atoms with Gasteiger partial charge in [-0.3, -0.25) is 9.78 Å². The Morgan fingerprint density at radius 2 is 1.86 bits per heavy atom. The normalized spacial score (nSPS) is 10.6. The maximum absolute atomic E-state index is 10.9. The predicted octanol–water partition coefficient (Wildman–Crippen LogP) is 3.37. The Labute approximate surface area is 124 Å². The van der Waals surface area contributed by atoms with Gasteiger partial charge in [-0.15, -0.1) is 0 Å². The van der Waals surface area contributed by atoms with Gasteiger partial charge < -0.3 is 9.47 Å². The van der Waals surface area contributed by atoms with Crippen LogP contribution in [0.5, 0.6) is 11.5 Å². The molecule has 2 aromatic rings. The summed E-state index contributed by atoms with van der Waals surface area (Å²) < 4.78 is 10.5. The fraction of sp³-hybridized carbons (Fsp3) is 0.176. The molecule has 0 fully saturated rings. The molecule has 0 unspecified atom stereocenters. The van der Waals surface area contributed by atoms with E-state index >= 15 is 0 Å². The van der Waals surface area contributed by atoms with Crippen molar-refractivity contribution in [2.24, 2.45) is 0 Å². The quantitative estimate of drug-likeness (QED) is 0.789. The van der Waals surface area contributed by atoms with E-state index in [0.29, 0.717) is 11.5 Å². The van der Waals surface area contributed by atoms with Crippen molar-refractivity contribution < 1.29 is 14.3 Å². The molecule has 1 heterocycles. The number of ketones is 1. The largest absolute Gasteiger partial charge is 0.493 e. The van der Waals surface area contributed by atoms with Gasteiger partial charge in [0, 0.05) is 11.8 Å². The molecule has 0 aliphatic carbocycles. The molecule has 1 aromatic carbocycles. The Morgan fingerprint density at radius 1 is 1.10 bits per heavy atom. The average Bonchev–Trinajstić information content (AvgIpc) is 2.52. The molecule has 21 heavy (non-hydrogen) atoms. The van der Waals surface area contributed by atoms with Gasteiger partial charge in [-0.25, -0.2) is 0 Å². The van der Waals surface area contributed by atoms with Gasteiger partial charge in [0.2, 0.25) is 0 Å². The lowest BCUT2D eigenvalue weighted by Crippen LogP contribution is -1.91. The van der Waals surface area contributed by atoms with Gasteiger partial charge in [0.25, 0.3) is 0 Å². The fourth-order valence-corrected chi connectivity index (χ4v) is 1.88. The lowest BCUT2D eigenvalue weighted by molar-refractivity contribution is -0.112. The van der Waals surface area contributed by atoms with Crippen molar-refractivity contribution in [3.05, 3.63) is 48.2 Å². The number of rotatable bonds is 5. The number of allylic oxidation sites excluding steroid dienone is 1. The molecule has 0 aliphatic heterocycles. The van der Waals surface area contributed by atoms with Crippen LogP contribution in [0.3, 0.4) is 0 Å². The number of carbonyl (C=O) groups is 1. The maximum atomic E-state index is 10.9. The van der Waals surface area contributed by atoms with Crippen LogP contribution >= 0.6 is 0 Å². The summed E-state index contributed by atoms with van der Waals surface area (Å²) in [5.74, 6) is 1.36. The highest BCUT2D eigenvalue weighted by atomic mass is 16.5. The summed E-state index contributed by atoms with van der Waals surface area (Å²) >= 11 is 0. The molecule has 4 heteroatoms. The molecule has 0 bridgehead atoms. The molecule has 0 atom stereocenters. The number of benzene rings is 1. The van der Waals surface area contributed by atoms with Gasteiger partial charge >= 0.3 is 0 Å². The molecule has 0 spiro atoms. The highest BCUT2D eigenvalue weighted by Gasteiger charge is 2.06. The second-order valence-electron chi connectivity index (χ2n) is 4.49. The van der Waals surface area contributed by atoms with Gasteiger partial charge in [0.1, 0.15) is 0 Å². The SMILES string of the molecule is COc1ccc(-c2ccc(/C=C/C(C)=O)cn2)cc1OC. The number of carbonyl (C=O) groups excluding carboxylic acids is 1. The molecule has 0 radical (unpaired) electrons. The summed E-state index contributed by atoms with van der Waals surface area (Å²) in [7, 11) is 3.21. The number of nitrogens with zero attached hydrogens (tertiary/aromatic N) is 1. The van der Waals surface area contributed by atoms with E-state index in [1.807, 2.05) is 30.3 Å². The van der Waals surface area contributed by atoms with Crippen LogP contribution in [0, 0.1) is 0 Å². The third-order valence-electron chi connectivity index (χ3n) is 2.98. The van der Waals surface area contributed by atoms with Crippen LogP contribution in [0.25, 0.3) is 17.3 Å². The van der Waals surface area contributed by atoms with Crippen molar-refractivity contribution >= 4 is 11.9 Å². The van der Waals surface area contributed by atoms with Gasteiger partial charge in [-0.1, -0.05) is 6.07 Å². The Kier molecular flexibility index (Phi) is 4.72. The minimum absolute atomic E-state index is 0.0129. The fourth-order valence-electron chi connectivity index (χ4n) is 1.88. The lowest BCUT2D eigenvalue weighted by Gasteiger charge is -2.09. The van der Waals surface area contributed by atoms with Gasteiger partial charge in [0.05, 0.1) is 19.9 Å². The summed E-state index contributed by atoms with van der Waals surface area (Å²) in [6.45, 7) is 1.52. The molecule has 2 rings (SSSR count). The van der Waals surface area contributed by atoms with Crippen LogP contribution < -0.4 is 9.47 Å². The first-order valence-corrected chi connectivity index (χ1v) is 6.51.